The van der Waals surface area contributed by atoms with Gasteiger partial charge in [0, 0.05) is 17.6 Å². The summed E-state index contributed by atoms with van der Waals surface area (Å²) in [6.07, 6.45) is 1.83. The van der Waals surface area contributed by atoms with Gasteiger partial charge in [0.05, 0.1) is 6.42 Å². The molecule has 5 nitrogen and oxygen atoms in total. The Hall–Kier alpha value is -1.26. The molecule has 0 saturated carbocycles. The number of rotatable bonds is 6. The molecule has 0 radical (unpaired) electrons. The maximum absolute atomic E-state index is 12.3. The van der Waals surface area contributed by atoms with Crippen molar-refractivity contribution in [3.8, 4) is 0 Å². The number of amides is 2. The van der Waals surface area contributed by atoms with Crippen LogP contribution in [0, 0.1) is 0 Å². The van der Waals surface area contributed by atoms with Crippen molar-refractivity contribution in [2.75, 3.05) is 6.54 Å². The van der Waals surface area contributed by atoms with Crippen molar-refractivity contribution in [1.82, 2.24) is 10.2 Å². The molecule has 0 unspecified atom stereocenters. The Kier molecular flexibility index (Phi) is 6.33. The molecule has 0 aromatic rings. The average molecular weight is 272 g/mol. The van der Waals surface area contributed by atoms with Crippen LogP contribution >= 0.6 is 0 Å². The number of nitrogens with zero attached hydrogens (tertiary/aromatic N) is 1. The smallest absolute Gasteiger partial charge is 0.318 e. The lowest BCUT2D eigenvalue weighted by molar-refractivity contribution is -0.137. The van der Waals surface area contributed by atoms with Crippen LogP contribution in [0.1, 0.15) is 60.8 Å². The van der Waals surface area contributed by atoms with Gasteiger partial charge in [-0.2, -0.15) is 0 Å². The Morgan fingerprint density at radius 2 is 1.68 bits per heavy atom. The largest absolute Gasteiger partial charge is 0.481 e. The Morgan fingerprint density at radius 1 is 1.16 bits per heavy atom. The highest BCUT2D eigenvalue weighted by Gasteiger charge is 2.30. The number of urea groups is 1. The Morgan fingerprint density at radius 3 is 2.05 bits per heavy atom. The van der Waals surface area contributed by atoms with Gasteiger partial charge in [-0.15, -0.1) is 0 Å². The molecule has 2 N–H and O–H groups in total. The molecule has 0 atom stereocenters. The van der Waals surface area contributed by atoms with Crippen LogP contribution in [0.25, 0.3) is 0 Å². The van der Waals surface area contributed by atoms with Crippen molar-refractivity contribution in [2.45, 2.75) is 71.9 Å². The van der Waals surface area contributed by atoms with E-state index in [2.05, 4.69) is 12.2 Å². The summed E-state index contributed by atoms with van der Waals surface area (Å²) in [6.45, 7) is 12.0. The van der Waals surface area contributed by atoms with Crippen molar-refractivity contribution in [2.24, 2.45) is 0 Å². The Labute approximate surface area is 116 Å². The van der Waals surface area contributed by atoms with Crippen LogP contribution in [-0.2, 0) is 4.79 Å². The number of hydrogen-bond acceptors (Lipinski definition) is 2. The zero-order chi connectivity index (χ0) is 15.3. The predicted octanol–water partition coefficient (Wildman–Crippen LogP) is 2.85. The first-order chi connectivity index (χ1) is 8.49. The lowest BCUT2D eigenvalue weighted by atomic mass is 9.99. The number of carbonyl (C=O) groups excluding carboxylic acids is 1. The fourth-order valence-electron chi connectivity index (χ4n) is 1.99. The lowest BCUT2D eigenvalue weighted by Gasteiger charge is -2.38. The van der Waals surface area contributed by atoms with Gasteiger partial charge in [0.2, 0.25) is 0 Å². The van der Waals surface area contributed by atoms with Gasteiger partial charge in [0.15, 0.2) is 0 Å². The Balaban J connectivity index is 4.77. The molecule has 0 bridgehead atoms. The number of carboxylic acid groups (broad SMARTS) is 1. The van der Waals surface area contributed by atoms with Crippen LogP contribution in [-0.4, -0.2) is 39.6 Å². The summed E-state index contributed by atoms with van der Waals surface area (Å²) < 4.78 is 0. The van der Waals surface area contributed by atoms with Gasteiger partial charge in [0.1, 0.15) is 0 Å². The predicted molar refractivity (Wildman–Crippen MR) is 76.2 cm³/mol. The summed E-state index contributed by atoms with van der Waals surface area (Å²) in [7, 11) is 0. The van der Waals surface area contributed by atoms with Crippen LogP contribution in [0.5, 0.6) is 0 Å². The van der Waals surface area contributed by atoms with Crippen molar-refractivity contribution in [1.29, 1.82) is 0 Å². The van der Waals surface area contributed by atoms with E-state index in [0.29, 0.717) is 0 Å². The quantitative estimate of drug-likeness (QED) is 0.781. The second kappa shape index (κ2) is 6.78. The molecular formula is C14H28N2O3. The SMILES string of the molecule is CCCC(C)(C)NC(=O)N(CCC(=O)O)C(C)(C)C. The lowest BCUT2D eigenvalue weighted by Crippen LogP contribution is -2.56. The highest BCUT2D eigenvalue weighted by Crippen LogP contribution is 2.17. The Bertz CT molecular complexity index is 319. The van der Waals surface area contributed by atoms with E-state index in [9.17, 15) is 9.59 Å². The van der Waals surface area contributed by atoms with Gasteiger partial charge in [-0.25, -0.2) is 4.79 Å². The van der Waals surface area contributed by atoms with Gasteiger partial charge in [-0.05, 0) is 41.0 Å². The van der Waals surface area contributed by atoms with Crippen molar-refractivity contribution < 1.29 is 14.7 Å². The van der Waals surface area contributed by atoms with E-state index in [1.807, 2.05) is 34.6 Å². The molecular weight excluding hydrogens is 244 g/mol. The van der Waals surface area contributed by atoms with E-state index in [1.165, 1.54) is 0 Å². The number of aliphatic carboxylic acids is 1. The third-order valence-corrected chi connectivity index (χ3v) is 2.92. The molecule has 0 aliphatic rings. The molecule has 19 heavy (non-hydrogen) atoms. The summed E-state index contributed by atoms with van der Waals surface area (Å²) >= 11 is 0. The van der Waals surface area contributed by atoms with Crippen LogP contribution in [0.3, 0.4) is 0 Å². The van der Waals surface area contributed by atoms with Crippen molar-refractivity contribution in [3.63, 3.8) is 0 Å². The summed E-state index contributed by atoms with van der Waals surface area (Å²) in [6, 6.07) is -0.202. The molecule has 5 heteroatoms. The van der Waals surface area contributed by atoms with Crippen molar-refractivity contribution >= 4 is 12.0 Å². The summed E-state index contributed by atoms with van der Waals surface area (Å²) in [5.41, 5.74) is -0.680. The second-order valence-corrected chi connectivity index (χ2v) is 6.53. The molecule has 0 aliphatic heterocycles. The van der Waals surface area contributed by atoms with E-state index in [4.69, 9.17) is 5.11 Å². The topological polar surface area (TPSA) is 69.6 Å². The number of carbonyl (C=O) groups is 2. The fraction of sp³-hybridized carbons (Fsp3) is 0.857. The molecule has 0 rings (SSSR count). The highest BCUT2D eigenvalue weighted by atomic mass is 16.4. The molecule has 112 valence electrons. The van der Waals surface area contributed by atoms with Crippen molar-refractivity contribution in [3.05, 3.63) is 0 Å². The summed E-state index contributed by atoms with van der Waals surface area (Å²) in [4.78, 5) is 24.6. The minimum Gasteiger partial charge on any atom is -0.481 e. The molecule has 0 aromatic heterocycles. The normalized spacial score (nSPS) is 12.1. The fourth-order valence-corrected chi connectivity index (χ4v) is 1.99. The second-order valence-electron chi connectivity index (χ2n) is 6.53. The molecule has 2 amide bonds. The molecule has 0 heterocycles. The van der Waals surface area contributed by atoms with Gasteiger partial charge < -0.3 is 15.3 Å². The number of hydrogen-bond donors (Lipinski definition) is 2. The van der Waals surface area contributed by atoms with E-state index in [-0.39, 0.29) is 24.5 Å². The molecule has 0 aliphatic carbocycles. The van der Waals surface area contributed by atoms with Crippen LogP contribution in [0.2, 0.25) is 0 Å². The van der Waals surface area contributed by atoms with E-state index >= 15 is 0 Å². The van der Waals surface area contributed by atoms with E-state index in [0.717, 1.165) is 12.8 Å². The average Bonchev–Trinajstić information content (AvgIpc) is 2.13. The van der Waals surface area contributed by atoms with Gasteiger partial charge in [-0.1, -0.05) is 13.3 Å². The molecule has 0 saturated heterocycles. The molecule has 0 spiro atoms. The van der Waals surface area contributed by atoms with Crippen LogP contribution in [0.15, 0.2) is 0 Å². The first kappa shape index (κ1) is 17.7. The minimum atomic E-state index is -0.894. The van der Waals surface area contributed by atoms with Crippen LogP contribution < -0.4 is 5.32 Å². The third kappa shape index (κ3) is 7.03. The van der Waals surface area contributed by atoms with Gasteiger partial charge in [-0.3, -0.25) is 4.79 Å². The zero-order valence-corrected chi connectivity index (χ0v) is 13.0. The first-order valence-corrected chi connectivity index (χ1v) is 6.81. The van der Waals surface area contributed by atoms with E-state index in [1.54, 1.807) is 4.90 Å². The molecule has 0 aromatic carbocycles. The van der Waals surface area contributed by atoms with Gasteiger partial charge >= 0.3 is 12.0 Å². The molecule has 0 fully saturated rings. The van der Waals surface area contributed by atoms with E-state index < -0.39 is 11.5 Å². The number of carboxylic acids is 1. The summed E-state index contributed by atoms with van der Waals surface area (Å²) in [5.74, 6) is -0.894. The minimum absolute atomic E-state index is 0.0428. The van der Waals surface area contributed by atoms with Crippen LogP contribution in [0.4, 0.5) is 4.79 Å². The third-order valence-electron chi connectivity index (χ3n) is 2.92. The maximum Gasteiger partial charge on any atom is 0.318 e. The maximum atomic E-state index is 12.3. The summed E-state index contributed by atoms with van der Waals surface area (Å²) in [5, 5.41) is 11.7. The zero-order valence-electron chi connectivity index (χ0n) is 13.0. The number of nitrogens with one attached hydrogen (secondary N) is 1. The first-order valence-electron chi connectivity index (χ1n) is 6.81. The van der Waals surface area contributed by atoms with Gasteiger partial charge in [0.25, 0.3) is 0 Å². The monoisotopic (exact) mass is 272 g/mol. The highest BCUT2D eigenvalue weighted by molar-refractivity contribution is 5.76. The standard InChI is InChI=1S/C14H28N2O3/c1-7-9-14(5,6)15-12(19)16(13(2,3)4)10-8-11(17)18/h7-10H2,1-6H3,(H,15,19)(H,17,18).